The second-order valence-electron chi connectivity index (χ2n) is 4.60. The summed E-state index contributed by atoms with van der Waals surface area (Å²) in [5.74, 6) is -1.53. The van der Waals surface area contributed by atoms with Crippen molar-refractivity contribution in [3.8, 4) is 5.75 Å². The van der Waals surface area contributed by atoms with Crippen LogP contribution in [0.5, 0.6) is 5.75 Å². The Bertz CT molecular complexity index is 783. The van der Waals surface area contributed by atoms with Gasteiger partial charge in [-0.15, -0.1) is 0 Å². The highest BCUT2D eigenvalue weighted by Crippen LogP contribution is 2.27. The normalized spacial score (nSPS) is 10.2. The number of rotatable bonds is 5. The van der Waals surface area contributed by atoms with E-state index in [1.807, 2.05) is 0 Å². The minimum Gasteiger partial charge on any atom is -0.495 e. The van der Waals surface area contributed by atoms with E-state index in [9.17, 15) is 14.0 Å². The summed E-state index contributed by atoms with van der Waals surface area (Å²) in [6.07, 6.45) is 0. The van der Waals surface area contributed by atoms with Crippen molar-refractivity contribution in [2.24, 2.45) is 0 Å². The molecule has 0 aliphatic heterocycles. The maximum Gasteiger partial charge on any atom is 0.338 e. The molecule has 2 aromatic rings. The van der Waals surface area contributed by atoms with Gasteiger partial charge in [0.25, 0.3) is 5.91 Å². The number of carbonyl (C=O) groups excluding carboxylic acids is 2. The van der Waals surface area contributed by atoms with Crippen molar-refractivity contribution >= 4 is 40.8 Å². The lowest BCUT2D eigenvalue weighted by Crippen LogP contribution is -2.21. The molecule has 1 N–H and O–H groups in total. The number of ether oxygens (including phenoxy) is 2. The highest BCUT2D eigenvalue weighted by atomic mass is 35.5. The van der Waals surface area contributed by atoms with E-state index in [-0.39, 0.29) is 10.6 Å². The van der Waals surface area contributed by atoms with Crippen LogP contribution in [0.15, 0.2) is 36.4 Å². The van der Waals surface area contributed by atoms with Gasteiger partial charge in [-0.1, -0.05) is 23.2 Å². The predicted molar refractivity (Wildman–Crippen MR) is 88.3 cm³/mol. The fourth-order valence-electron chi connectivity index (χ4n) is 1.78. The Morgan fingerprint density at radius 3 is 2.50 bits per heavy atom. The minimum absolute atomic E-state index is 0.0432. The molecule has 0 saturated heterocycles. The molecule has 8 heteroatoms. The van der Waals surface area contributed by atoms with Gasteiger partial charge >= 0.3 is 5.97 Å². The summed E-state index contributed by atoms with van der Waals surface area (Å²) < 4.78 is 22.9. The largest absolute Gasteiger partial charge is 0.495 e. The van der Waals surface area contributed by atoms with E-state index >= 15 is 0 Å². The summed E-state index contributed by atoms with van der Waals surface area (Å²) in [6, 6.07) is 8.05. The van der Waals surface area contributed by atoms with Gasteiger partial charge in [-0.3, -0.25) is 4.79 Å². The van der Waals surface area contributed by atoms with Crippen LogP contribution in [0, 0.1) is 5.82 Å². The summed E-state index contributed by atoms with van der Waals surface area (Å²) in [4.78, 5) is 23.6. The fraction of sp³-hybridized carbons (Fsp3) is 0.125. The molecule has 5 nitrogen and oxygen atoms in total. The van der Waals surface area contributed by atoms with E-state index in [1.54, 1.807) is 12.1 Å². The molecule has 0 unspecified atom stereocenters. The summed E-state index contributed by atoms with van der Waals surface area (Å²) >= 11 is 11.5. The zero-order valence-corrected chi connectivity index (χ0v) is 13.9. The Hall–Kier alpha value is -2.31. The van der Waals surface area contributed by atoms with Gasteiger partial charge in [0.2, 0.25) is 0 Å². The second-order valence-corrected chi connectivity index (χ2v) is 5.42. The van der Waals surface area contributed by atoms with Crippen molar-refractivity contribution in [3.05, 3.63) is 57.8 Å². The molecular formula is C16H12Cl2FNO4. The molecule has 0 radical (unpaired) electrons. The van der Waals surface area contributed by atoms with E-state index in [4.69, 9.17) is 32.7 Å². The van der Waals surface area contributed by atoms with E-state index < -0.39 is 24.3 Å². The molecule has 0 aliphatic rings. The van der Waals surface area contributed by atoms with Crippen LogP contribution in [0.25, 0.3) is 0 Å². The van der Waals surface area contributed by atoms with Crippen LogP contribution >= 0.6 is 23.2 Å². The Balaban J connectivity index is 1.91. The first-order valence-corrected chi connectivity index (χ1v) is 7.42. The molecule has 126 valence electrons. The second kappa shape index (κ2) is 7.99. The number of esters is 1. The highest BCUT2D eigenvalue weighted by Gasteiger charge is 2.13. The Morgan fingerprint density at radius 2 is 1.88 bits per heavy atom. The van der Waals surface area contributed by atoms with Gasteiger partial charge in [-0.05, 0) is 36.4 Å². The van der Waals surface area contributed by atoms with Gasteiger partial charge < -0.3 is 14.8 Å². The zero-order chi connectivity index (χ0) is 17.7. The van der Waals surface area contributed by atoms with Crippen LogP contribution in [0.1, 0.15) is 10.4 Å². The first-order chi connectivity index (χ1) is 11.4. The molecule has 0 aliphatic carbocycles. The Labute approximate surface area is 147 Å². The van der Waals surface area contributed by atoms with Gasteiger partial charge in [0.05, 0.1) is 22.7 Å². The van der Waals surface area contributed by atoms with E-state index in [2.05, 4.69) is 5.32 Å². The number of hydrogen-bond acceptors (Lipinski definition) is 4. The Morgan fingerprint density at radius 1 is 1.12 bits per heavy atom. The third-order valence-corrected chi connectivity index (χ3v) is 3.51. The number of methoxy groups -OCH3 is 1. The van der Waals surface area contributed by atoms with Crippen molar-refractivity contribution in [2.45, 2.75) is 0 Å². The minimum atomic E-state index is -0.792. The Kier molecular flexibility index (Phi) is 6.00. The SMILES string of the molecule is COc1ccc(NC(=O)COC(=O)c2ccc(F)c(Cl)c2)cc1Cl. The molecule has 24 heavy (non-hydrogen) atoms. The van der Waals surface area contributed by atoms with Crippen molar-refractivity contribution < 1.29 is 23.5 Å². The number of halogens is 3. The van der Waals surface area contributed by atoms with Crippen molar-refractivity contribution in [2.75, 3.05) is 19.0 Å². The number of nitrogens with one attached hydrogen (secondary N) is 1. The topological polar surface area (TPSA) is 64.6 Å². The zero-order valence-electron chi connectivity index (χ0n) is 12.4. The maximum absolute atomic E-state index is 13.0. The molecule has 0 heterocycles. The monoisotopic (exact) mass is 371 g/mol. The van der Waals surface area contributed by atoms with Gasteiger partial charge in [0, 0.05) is 5.69 Å². The van der Waals surface area contributed by atoms with Crippen molar-refractivity contribution in [1.82, 2.24) is 0 Å². The lowest BCUT2D eigenvalue weighted by atomic mass is 10.2. The maximum atomic E-state index is 13.0. The fourth-order valence-corrected chi connectivity index (χ4v) is 2.22. The molecule has 0 bridgehead atoms. The van der Waals surface area contributed by atoms with Crippen molar-refractivity contribution in [1.29, 1.82) is 0 Å². The van der Waals surface area contributed by atoms with E-state index in [0.29, 0.717) is 16.5 Å². The summed E-state index contributed by atoms with van der Waals surface area (Å²) in [6.45, 7) is -0.516. The molecule has 2 aromatic carbocycles. The van der Waals surface area contributed by atoms with Crippen molar-refractivity contribution in [3.63, 3.8) is 0 Å². The average molecular weight is 372 g/mol. The third kappa shape index (κ3) is 4.59. The molecule has 2 rings (SSSR count). The molecule has 0 atom stereocenters. The van der Waals surface area contributed by atoms with Crippen LogP contribution in [-0.2, 0) is 9.53 Å². The van der Waals surface area contributed by atoms with E-state index in [1.165, 1.54) is 19.2 Å². The number of hydrogen-bond donors (Lipinski definition) is 1. The smallest absolute Gasteiger partial charge is 0.338 e. The summed E-state index contributed by atoms with van der Waals surface area (Å²) in [7, 11) is 1.47. The number of carbonyl (C=O) groups is 2. The molecule has 1 amide bonds. The van der Waals surface area contributed by atoms with Crippen LogP contribution in [0.4, 0.5) is 10.1 Å². The highest BCUT2D eigenvalue weighted by molar-refractivity contribution is 6.32. The molecule has 0 fully saturated rings. The van der Waals surface area contributed by atoms with Gasteiger partial charge in [-0.25, -0.2) is 9.18 Å². The molecule has 0 spiro atoms. The standard InChI is InChI=1S/C16H12Cl2FNO4/c1-23-14-5-3-10(7-12(14)18)20-15(21)8-24-16(22)9-2-4-13(19)11(17)6-9/h2-7H,8H2,1H3,(H,20,21). The number of anilines is 1. The lowest BCUT2D eigenvalue weighted by Gasteiger charge is -2.09. The van der Waals surface area contributed by atoms with Crippen LogP contribution in [0.3, 0.4) is 0 Å². The molecule has 0 aromatic heterocycles. The molecule has 0 saturated carbocycles. The van der Waals surface area contributed by atoms with Crippen LogP contribution < -0.4 is 10.1 Å². The average Bonchev–Trinajstić information content (AvgIpc) is 2.55. The van der Waals surface area contributed by atoms with Gasteiger partial charge in [0.1, 0.15) is 11.6 Å². The first-order valence-electron chi connectivity index (χ1n) is 6.66. The summed E-state index contributed by atoms with van der Waals surface area (Å²) in [5, 5.41) is 2.64. The van der Waals surface area contributed by atoms with Crippen LogP contribution in [-0.4, -0.2) is 25.6 Å². The van der Waals surface area contributed by atoms with Gasteiger partial charge in [-0.2, -0.15) is 0 Å². The number of amides is 1. The third-order valence-electron chi connectivity index (χ3n) is 2.93. The van der Waals surface area contributed by atoms with Gasteiger partial charge in [0.15, 0.2) is 6.61 Å². The van der Waals surface area contributed by atoms with E-state index in [0.717, 1.165) is 12.1 Å². The quantitative estimate of drug-likeness (QED) is 0.808. The van der Waals surface area contributed by atoms with Crippen LogP contribution in [0.2, 0.25) is 10.0 Å². The number of benzene rings is 2. The first kappa shape index (κ1) is 18.0. The predicted octanol–water partition coefficient (Wildman–Crippen LogP) is 3.94. The summed E-state index contributed by atoms with van der Waals surface area (Å²) in [5.41, 5.74) is 0.466. The molecular weight excluding hydrogens is 360 g/mol. The lowest BCUT2D eigenvalue weighted by molar-refractivity contribution is -0.119.